The van der Waals surface area contributed by atoms with Crippen LogP contribution < -0.4 is 16.0 Å². The topological polar surface area (TPSA) is 114 Å². The number of aromatic nitrogens is 2. The van der Waals surface area contributed by atoms with E-state index in [1.165, 1.54) is 25.2 Å². The van der Waals surface area contributed by atoms with Gasteiger partial charge in [-0.25, -0.2) is 17.9 Å². The third-order valence-corrected chi connectivity index (χ3v) is 6.56. The summed E-state index contributed by atoms with van der Waals surface area (Å²) in [4.78, 5) is 28.8. The number of ether oxygens (including phenoxy) is 1. The first-order chi connectivity index (χ1) is 13.3. The third kappa shape index (κ3) is 4.52. The van der Waals surface area contributed by atoms with Crippen molar-refractivity contribution in [2.45, 2.75) is 17.7 Å². The molecule has 3 rings (SSSR count). The Balaban J connectivity index is 1.68. The lowest BCUT2D eigenvalue weighted by Gasteiger charge is -2.16. The number of benzene rings is 1. The number of hydrogen-bond donors (Lipinski definition) is 2. The quantitative estimate of drug-likeness (QED) is 0.586. The van der Waals surface area contributed by atoms with Gasteiger partial charge in [0.15, 0.2) is 0 Å². The number of hydrogen-bond acceptors (Lipinski definition) is 6. The van der Waals surface area contributed by atoms with Gasteiger partial charge < -0.3 is 14.6 Å². The molecule has 1 unspecified atom stereocenters. The van der Waals surface area contributed by atoms with Crippen LogP contribution >= 0.6 is 0 Å². The monoisotopic (exact) mass is 410 g/mol. The number of fused-ring (bicyclic) bond motifs is 1. The Morgan fingerprint density at radius 3 is 2.86 bits per heavy atom. The summed E-state index contributed by atoms with van der Waals surface area (Å²) in [5, 5.41) is 0.162. The molecule has 28 heavy (non-hydrogen) atoms. The standard InChI is InChI=1S/C18H26N4O5S/c1-21-17(23)15-10-14(4-5-16(15)20-18(21)24)28(25,26)19-11-13-6-8-22(12-13)7-3-9-27-2/h4-5,10,13,19H,3,6-9,11-12H2,1-2H3,(H,20,24). The summed E-state index contributed by atoms with van der Waals surface area (Å²) in [6.45, 7) is 3.83. The summed E-state index contributed by atoms with van der Waals surface area (Å²) in [5.74, 6) is 0.252. The molecule has 0 bridgehead atoms. The van der Waals surface area contributed by atoms with Gasteiger partial charge in [-0.15, -0.1) is 0 Å². The largest absolute Gasteiger partial charge is 0.385 e. The predicted molar refractivity (Wildman–Crippen MR) is 106 cm³/mol. The van der Waals surface area contributed by atoms with Crippen LogP contribution in [0.2, 0.25) is 0 Å². The van der Waals surface area contributed by atoms with E-state index in [2.05, 4.69) is 14.6 Å². The van der Waals surface area contributed by atoms with Crippen molar-refractivity contribution in [3.05, 3.63) is 39.0 Å². The second kappa shape index (κ2) is 8.56. The molecule has 1 fully saturated rings. The average Bonchev–Trinajstić information content (AvgIpc) is 3.12. The fraction of sp³-hybridized carbons (Fsp3) is 0.556. The summed E-state index contributed by atoms with van der Waals surface area (Å²) >= 11 is 0. The van der Waals surface area contributed by atoms with Crippen LogP contribution in [0.5, 0.6) is 0 Å². The number of sulfonamides is 1. The van der Waals surface area contributed by atoms with Crippen LogP contribution in [0, 0.1) is 5.92 Å². The minimum Gasteiger partial charge on any atom is -0.385 e. The van der Waals surface area contributed by atoms with Crippen LogP contribution in [0.15, 0.2) is 32.7 Å². The summed E-state index contributed by atoms with van der Waals surface area (Å²) in [5.41, 5.74) is -0.754. The maximum atomic E-state index is 12.7. The molecule has 0 aliphatic carbocycles. The molecule has 2 heterocycles. The van der Waals surface area contributed by atoms with E-state index in [9.17, 15) is 18.0 Å². The molecule has 2 aromatic rings. The van der Waals surface area contributed by atoms with E-state index in [-0.39, 0.29) is 16.2 Å². The van der Waals surface area contributed by atoms with Crippen molar-refractivity contribution in [2.24, 2.45) is 13.0 Å². The first kappa shape index (κ1) is 20.7. The van der Waals surface area contributed by atoms with Gasteiger partial charge in [0.1, 0.15) is 0 Å². The number of nitrogens with zero attached hydrogens (tertiary/aromatic N) is 2. The number of rotatable bonds is 8. The fourth-order valence-electron chi connectivity index (χ4n) is 3.47. The first-order valence-corrected chi connectivity index (χ1v) is 10.7. The number of likely N-dealkylation sites (tertiary alicyclic amines) is 1. The summed E-state index contributed by atoms with van der Waals surface area (Å²) < 4.78 is 34.0. The van der Waals surface area contributed by atoms with Crippen LogP contribution in [0.4, 0.5) is 0 Å². The summed E-state index contributed by atoms with van der Waals surface area (Å²) in [6, 6.07) is 4.15. The summed E-state index contributed by atoms with van der Waals surface area (Å²) in [6.07, 6.45) is 1.90. The van der Waals surface area contributed by atoms with Crippen molar-refractivity contribution in [3.63, 3.8) is 0 Å². The van der Waals surface area contributed by atoms with E-state index in [1.54, 1.807) is 7.11 Å². The molecule has 0 amide bonds. The van der Waals surface area contributed by atoms with Crippen LogP contribution in [0.3, 0.4) is 0 Å². The van der Waals surface area contributed by atoms with E-state index >= 15 is 0 Å². The molecule has 1 aromatic heterocycles. The third-order valence-electron chi connectivity index (χ3n) is 5.14. The Labute approximate surface area is 163 Å². The Morgan fingerprint density at radius 1 is 1.32 bits per heavy atom. The van der Waals surface area contributed by atoms with Crippen molar-refractivity contribution in [1.29, 1.82) is 0 Å². The van der Waals surface area contributed by atoms with Gasteiger partial charge in [-0.1, -0.05) is 0 Å². The van der Waals surface area contributed by atoms with Crippen LogP contribution in [-0.4, -0.2) is 62.8 Å². The highest BCUT2D eigenvalue weighted by molar-refractivity contribution is 7.89. The SMILES string of the molecule is COCCCN1CCC(CNS(=O)(=O)c2ccc3[nH]c(=O)n(C)c(=O)c3c2)C1. The molecule has 1 aliphatic heterocycles. The van der Waals surface area contributed by atoms with Gasteiger partial charge in [0.25, 0.3) is 5.56 Å². The second-order valence-corrected chi connectivity index (χ2v) is 8.92. The maximum absolute atomic E-state index is 12.7. The highest BCUT2D eigenvalue weighted by Crippen LogP contribution is 2.18. The molecule has 0 saturated carbocycles. The summed E-state index contributed by atoms with van der Waals surface area (Å²) in [7, 11) is -0.718. The van der Waals surface area contributed by atoms with Gasteiger partial charge >= 0.3 is 5.69 Å². The lowest BCUT2D eigenvalue weighted by molar-refractivity contribution is 0.178. The van der Waals surface area contributed by atoms with E-state index in [4.69, 9.17) is 4.74 Å². The van der Waals surface area contributed by atoms with Crippen molar-refractivity contribution in [3.8, 4) is 0 Å². The van der Waals surface area contributed by atoms with Gasteiger partial charge in [0, 0.05) is 40.4 Å². The molecule has 0 spiro atoms. The molecule has 1 aliphatic rings. The molecule has 9 nitrogen and oxygen atoms in total. The Hall–Kier alpha value is -2.01. The van der Waals surface area contributed by atoms with Gasteiger partial charge in [-0.2, -0.15) is 0 Å². The van der Waals surface area contributed by atoms with Crippen LogP contribution in [-0.2, 0) is 21.8 Å². The second-order valence-electron chi connectivity index (χ2n) is 7.16. The minimum atomic E-state index is -3.75. The van der Waals surface area contributed by atoms with Crippen molar-refractivity contribution in [2.75, 3.05) is 39.9 Å². The zero-order valence-electron chi connectivity index (χ0n) is 16.1. The first-order valence-electron chi connectivity index (χ1n) is 9.26. The fourth-order valence-corrected chi connectivity index (χ4v) is 4.62. The van der Waals surface area contributed by atoms with Crippen LogP contribution in [0.1, 0.15) is 12.8 Å². The van der Waals surface area contributed by atoms with Gasteiger partial charge in [-0.3, -0.25) is 9.36 Å². The highest BCUT2D eigenvalue weighted by atomic mass is 32.2. The van der Waals surface area contributed by atoms with E-state index in [1.807, 2.05) is 0 Å². The molecule has 1 saturated heterocycles. The maximum Gasteiger partial charge on any atom is 0.328 e. The molecule has 2 N–H and O–H groups in total. The van der Waals surface area contributed by atoms with E-state index in [0.29, 0.717) is 12.1 Å². The Kier molecular flexibility index (Phi) is 6.33. The Morgan fingerprint density at radius 2 is 2.11 bits per heavy atom. The molecule has 154 valence electrons. The van der Waals surface area contributed by atoms with Crippen LogP contribution in [0.25, 0.3) is 10.9 Å². The minimum absolute atomic E-state index is 0.0131. The van der Waals surface area contributed by atoms with Crippen molar-refractivity contribution >= 4 is 20.9 Å². The highest BCUT2D eigenvalue weighted by Gasteiger charge is 2.24. The number of H-pyrrole nitrogens is 1. The molecular formula is C18H26N4O5S. The van der Waals surface area contributed by atoms with Gasteiger partial charge in [-0.05, 0) is 43.5 Å². The normalized spacial score (nSPS) is 18.1. The van der Waals surface area contributed by atoms with Crippen molar-refractivity contribution < 1.29 is 13.2 Å². The molecule has 10 heteroatoms. The molecule has 0 radical (unpaired) electrons. The lowest BCUT2D eigenvalue weighted by atomic mass is 10.1. The van der Waals surface area contributed by atoms with Gasteiger partial charge in [0.2, 0.25) is 10.0 Å². The number of methoxy groups -OCH3 is 1. The predicted octanol–water partition coefficient (Wildman–Crippen LogP) is -0.136. The zero-order valence-corrected chi connectivity index (χ0v) is 16.9. The molecule has 1 aromatic carbocycles. The Bertz CT molecular complexity index is 1060. The van der Waals surface area contributed by atoms with E-state index in [0.717, 1.165) is 43.6 Å². The zero-order chi connectivity index (χ0) is 20.3. The average molecular weight is 410 g/mol. The number of aromatic amines is 1. The number of nitrogens with one attached hydrogen (secondary N) is 2. The molecule has 1 atom stereocenters. The lowest BCUT2D eigenvalue weighted by Crippen LogP contribution is -2.33. The van der Waals surface area contributed by atoms with Crippen molar-refractivity contribution in [1.82, 2.24) is 19.2 Å². The molecular weight excluding hydrogens is 384 g/mol. The van der Waals surface area contributed by atoms with Gasteiger partial charge in [0.05, 0.1) is 15.8 Å². The van der Waals surface area contributed by atoms with E-state index < -0.39 is 21.3 Å². The smallest absolute Gasteiger partial charge is 0.328 e.